The molecular weight excluding hydrogens is 276 g/mol. The topological polar surface area (TPSA) is 97.1 Å². The van der Waals surface area contributed by atoms with Gasteiger partial charge in [-0.05, 0) is 24.1 Å². The third kappa shape index (κ3) is 3.06. The van der Waals surface area contributed by atoms with Gasteiger partial charge in [0, 0.05) is 12.3 Å². The molecule has 1 heterocycles. The van der Waals surface area contributed by atoms with E-state index in [0.29, 0.717) is 5.69 Å². The minimum Gasteiger partial charge on any atom is -0.308 e. The van der Waals surface area contributed by atoms with Gasteiger partial charge in [-0.15, -0.1) is 0 Å². The first-order chi connectivity index (χ1) is 9.56. The zero-order valence-electron chi connectivity index (χ0n) is 11.0. The summed E-state index contributed by atoms with van der Waals surface area (Å²) in [4.78, 5) is 3.99. The fraction of sp³-hybridized carbons (Fsp3) is 0.154. The molecule has 4 N–H and O–H groups in total. The zero-order chi connectivity index (χ0) is 14.6. The van der Waals surface area contributed by atoms with Crippen molar-refractivity contribution >= 4 is 21.5 Å². The summed E-state index contributed by atoms with van der Waals surface area (Å²) < 4.78 is 27.2. The molecule has 0 unspecified atom stereocenters. The zero-order valence-corrected chi connectivity index (χ0v) is 11.8. The molecule has 0 aliphatic carbocycles. The number of sulfonamides is 1. The summed E-state index contributed by atoms with van der Waals surface area (Å²) in [6.07, 6.45) is 2.13. The summed E-state index contributed by atoms with van der Waals surface area (Å²) in [5, 5.41) is 0. The lowest BCUT2D eigenvalue weighted by Gasteiger charge is -2.12. The Morgan fingerprint density at radius 3 is 2.70 bits per heavy atom. The van der Waals surface area contributed by atoms with Crippen LogP contribution in [0.25, 0.3) is 0 Å². The normalized spacial score (nSPS) is 11.1. The Morgan fingerprint density at radius 2 is 2.00 bits per heavy atom. The maximum Gasteiger partial charge on any atom is 0.262 e. The second-order valence-electron chi connectivity index (χ2n) is 4.14. The summed E-state index contributed by atoms with van der Waals surface area (Å²) in [5.41, 5.74) is 3.83. The van der Waals surface area contributed by atoms with Gasteiger partial charge in [0.1, 0.15) is 5.82 Å². The minimum atomic E-state index is -3.66. The molecule has 0 aliphatic rings. The Hall–Kier alpha value is -2.12. The predicted octanol–water partition coefficient (Wildman–Crippen LogP) is 1.73. The third-order valence-corrected chi connectivity index (χ3v) is 4.20. The van der Waals surface area contributed by atoms with E-state index in [0.717, 1.165) is 12.0 Å². The van der Waals surface area contributed by atoms with Crippen LogP contribution in [0.15, 0.2) is 47.5 Å². The van der Waals surface area contributed by atoms with Gasteiger partial charge in [-0.25, -0.2) is 19.2 Å². The predicted molar refractivity (Wildman–Crippen MR) is 78.7 cm³/mol. The molecule has 6 nitrogen and oxygen atoms in total. The van der Waals surface area contributed by atoms with Gasteiger partial charge in [-0.1, -0.05) is 25.1 Å². The van der Waals surface area contributed by atoms with Crippen LogP contribution in [0.2, 0.25) is 0 Å². The molecule has 0 aliphatic heterocycles. The molecule has 0 spiro atoms. The summed E-state index contributed by atoms with van der Waals surface area (Å²) in [6, 6.07) is 10.1. The van der Waals surface area contributed by atoms with Gasteiger partial charge in [0.15, 0.2) is 0 Å². The number of aryl methyl sites for hydroxylation is 1. The maximum atomic E-state index is 12.3. The van der Waals surface area contributed by atoms with Crippen LogP contribution in [0.1, 0.15) is 12.5 Å². The Morgan fingerprint density at radius 1 is 1.25 bits per heavy atom. The first-order valence-corrected chi connectivity index (χ1v) is 7.58. The van der Waals surface area contributed by atoms with Gasteiger partial charge in [0.25, 0.3) is 10.0 Å². The third-order valence-electron chi connectivity index (χ3n) is 2.83. The van der Waals surface area contributed by atoms with E-state index < -0.39 is 10.0 Å². The highest BCUT2D eigenvalue weighted by atomic mass is 32.2. The molecule has 0 atom stereocenters. The Labute approximate surface area is 118 Å². The molecule has 1 aromatic carbocycles. The number of rotatable bonds is 5. The largest absolute Gasteiger partial charge is 0.308 e. The fourth-order valence-electron chi connectivity index (χ4n) is 1.79. The number of nitrogens with zero attached hydrogens (tertiary/aromatic N) is 1. The van der Waals surface area contributed by atoms with Crippen molar-refractivity contribution in [3.05, 3.63) is 48.2 Å². The molecular formula is C13H16N4O2S. The molecule has 2 aromatic rings. The molecule has 0 fully saturated rings. The Kier molecular flexibility index (Phi) is 4.21. The smallest absolute Gasteiger partial charge is 0.262 e. The van der Waals surface area contributed by atoms with Crippen molar-refractivity contribution in [3.8, 4) is 0 Å². The summed E-state index contributed by atoms with van der Waals surface area (Å²) in [5.74, 6) is 5.52. The van der Waals surface area contributed by atoms with Crippen LogP contribution in [0.4, 0.5) is 11.5 Å². The minimum absolute atomic E-state index is 0.103. The van der Waals surface area contributed by atoms with Crippen molar-refractivity contribution in [2.45, 2.75) is 18.2 Å². The van der Waals surface area contributed by atoms with Gasteiger partial charge < -0.3 is 5.43 Å². The highest BCUT2D eigenvalue weighted by Crippen LogP contribution is 2.21. The van der Waals surface area contributed by atoms with Crippen LogP contribution >= 0.6 is 0 Å². The van der Waals surface area contributed by atoms with Crippen LogP contribution in [-0.4, -0.2) is 13.4 Å². The molecule has 106 valence electrons. The highest BCUT2D eigenvalue weighted by molar-refractivity contribution is 7.92. The van der Waals surface area contributed by atoms with Crippen molar-refractivity contribution in [2.75, 3.05) is 10.1 Å². The first kappa shape index (κ1) is 14.3. The van der Waals surface area contributed by atoms with E-state index in [4.69, 9.17) is 5.84 Å². The standard InChI is InChI=1S/C13H16N4O2S/c1-2-10-5-3-4-6-12(10)17-20(18,19)11-7-8-15-13(9-11)16-14/h3-9,17H,2,14H2,1H3,(H,15,16). The monoisotopic (exact) mass is 292 g/mol. The number of hydrogen-bond donors (Lipinski definition) is 3. The van der Waals surface area contributed by atoms with Crippen molar-refractivity contribution in [2.24, 2.45) is 5.84 Å². The van der Waals surface area contributed by atoms with E-state index in [9.17, 15) is 8.42 Å². The molecule has 20 heavy (non-hydrogen) atoms. The molecule has 0 bridgehead atoms. The van der Waals surface area contributed by atoms with Crippen LogP contribution in [0.3, 0.4) is 0 Å². The van der Waals surface area contributed by atoms with Gasteiger partial charge in [0.05, 0.1) is 10.6 Å². The molecule has 7 heteroatoms. The lowest BCUT2D eigenvalue weighted by Crippen LogP contribution is -2.15. The Bertz CT molecular complexity index is 701. The van der Waals surface area contributed by atoms with Crippen molar-refractivity contribution < 1.29 is 8.42 Å². The number of nitrogens with one attached hydrogen (secondary N) is 2. The van der Waals surface area contributed by atoms with Crippen LogP contribution in [0, 0.1) is 0 Å². The van der Waals surface area contributed by atoms with Crippen molar-refractivity contribution in [3.63, 3.8) is 0 Å². The average molecular weight is 292 g/mol. The number of nitrogen functional groups attached to an aromatic ring is 1. The van der Waals surface area contributed by atoms with Crippen LogP contribution in [-0.2, 0) is 16.4 Å². The van der Waals surface area contributed by atoms with Gasteiger partial charge in [-0.2, -0.15) is 0 Å². The maximum absolute atomic E-state index is 12.3. The first-order valence-electron chi connectivity index (χ1n) is 6.10. The molecule has 2 rings (SSSR count). The second-order valence-corrected chi connectivity index (χ2v) is 5.82. The van der Waals surface area contributed by atoms with E-state index in [2.05, 4.69) is 15.1 Å². The second kappa shape index (κ2) is 5.89. The van der Waals surface area contributed by atoms with Crippen LogP contribution < -0.4 is 16.0 Å². The van der Waals surface area contributed by atoms with Crippen molar-refractivity contribution in [1.29, 1.82) is 0 Å². The SMILES string of the molecule is CCc1ccccc1NS(=O)(=O)c1ccnc(NN)c1. The number of hydrazine groups is 1. The van der Waals surface area contributed by atoms with Gasteiger partial charge in [-0.3, -0.25) is 4.72 Å². The van der Waals surface area contributed by atoms with Gasteiger partial charge in [0.2, 0.25) is 0 Å². The highest BCUT2D eigenvalue weighted by Gasteiger charge is 2.16. The molecule has 0 saturated carbocycles. The molecule has 0 radical (unpaired) electrons. The van der Waals surface area contributed by atoms with E-state index in [1.165, 1.54) is 18.3 Å². The van der Waals surface area contributed by atoms with E-state index in [1.54, 1.807) is 12.1 Å². The summed E-state index contributed by atoms with van der Waals surface area (Å²) >= 11 is 0. The summed E-state index contributed by atoms with van der Waals surface area (Å²) in [6.45, 7) is 1.97. The number of para-hydroxylation sites is 1. The van der Waals surface area contributed by atoms with Crippen molar-refractivity contribution in [1.82, 2.24) is 4.98 Å². The number of benzene rings is 1. The number of aromatic nitrogens is 1. The lowest BCUT2D eigenvalue weighted by atomic mass is 10.1. The average Bonchev–Trinajstić information content (AvgIpc) is 2.47. The summed E-state index contributed by atoms with van der Waals surface area (Å²) in [7, 11) is -3.66. The quantitative estimate of drug-likeness (QED) is 0.576. The van der Waals surface area contributed by atoms with Crippen LogP contribution in [0.5, 0.6) is 0 Å². The molecule has 0 saturated heterocycles. The number of anilines is 2. The molecule has 0 amide bonds. The number of nitrogens with two attached hydrogens (primary N) is 1. The van der Waals surface area contributed by atoms with E-state index in [-0.39, 0.29) is 10.7 Å². The molecule has 1 aromatic heterocycles. The van der Waals surface area contributed by atoms with E-state index in [1.807, 2.05) is 19.1 Å². The van der Waals surface area contributed by atoms with E-state index >= 15 is 0 Å². The number of hydrogen-bond acceptors (Lipinski definition) is 5. The fourth-order valence-corrected chi connectivity index (χ4v) is 2.90. The lowest BCUT2D eigenvalue weighted by molar-refractivity contribution is 0.601. The number of pyridine rings is 1. The Balaban J connectivity index is 2.35. The van der Waals surface area contributed by atoms with Gasteiger partial charge >= 0.3 is 0 Å².